The Balaban J connectivity index is 1.82. The molecular weight excluding hydrogens is 300 g/mol. The smallest absolute Gasteiger partial charge is 0.222 e. The van der Waals surface area contributed by atoms with E-state index in [1.54, 1.807) is 6.08 Å². The summed E-state index contributed by atoms with van der Waals surface area (Å²) in [4.78, 5) is 14.4. The lowest BCUT2D eigenvalue weighted by Crippen LogP contribution is -2.45. The Morgan fingerprint density at radius 2 is 1.96 bits per heavy atom. The van der Waals surface area contributed by atoms with Crippen LogP contribution in [0.5, 0.6) is 5.75 Å². The second kappa shape index (κ2) is 7.68. The number of hydrogen-bond acceptors (Lipinski definition) is 3. The average Bonchev–Trinajstić information content (AvgIpc) is 2.63. The molecule has 0 unspecified atom stereocenters. The highest BCUT2D eigenvalue weighted by Gasteiger charge is 2.29. The summed E-state index contributed by atoms with van der Waals surface area (Å²) in [6, 6.07) is 18.3. The van der Waals surface area contributed by atoms with Crippen molar-refractivity contribution in [2.75, 3.05) is 18.1 Å². The van der Waals surface area contributed by atoms with E-state index in [0.29, 0.717) is 19.6 Å². The van der Waals surface area contributed by atoms with Crippen molar-refractivity contribution in [3.05, 3.63) is 72.8 Å². The van der Waals surface area contributed by atoms with Gasteiger partial charge in [-0.1, -0.05) is 48.5 Å². The highest BCUT2D eigenvalue weighted by Crippen LogP contribution is 2.35. The number of nitrogens with zero attached hydrogens (tertiary/aromatic N) is 1. The number of carbonyl (C=O) groups excluding carboxylic acids is 1. The van der Waals surface area contributed by atoms with Crippen LogP contribution in [-0.4, -0.2) is 25.1 Å². The van der Waals surface area contributed by atoms with Gasteiger partial charge in [0.15, 0.2) is 0 Å². The van der Waals surface area contributed by atoms with Gasteiger partial charge in [-0.3, -0.25) is 4.79 Å². The molecule has 0 radical (unpaired) electrons. The predicted octanol–water partition coefficient (Wildman–Crippen LogP) is 3.15. The summed E-state index contributed by atoms with van der Waals surface area (Å²) in [5.74, 6) is 0.886. The van der Waals surface area contributed by atoms with Gasteiger partial charge < -0.3 is 15.0 Å². The molecule has 2 aromatic rings. The van der Waals surface area contributed by atoms with Gasteiger partial charge >= 0.3 is 0 Å². The minimum Gasteiger partial charge on any atom is -0.489 e. The predicted molar refractivity (Wildman–Crippen MR) is 96.2 cm³/mol. The number of para-hydroxylation sites is 2. The van der Waals surface area contributed by atoms with Crippen LogP contribution < -0.4 is 15.0 Å². The van der Waals surface area contributed by atoms with Crippen LogP contribution in [-0.2, 0) is 11.3 Å². The number of amides is 1. The third kappa shape index (κ3) is 3.77. The molecule has 0 bridgehead atoms. The molecule has 1 atom stereocenters. The molecule has 0 fully saturated rings. The fraction of sp³-hybridized carbons (Fsp3) is 0.250. The minimum atomic E-state index is 0.00456. The van der Waals surface area contributed by atoms with Gasteiger partial charge in [0.2, 0.25) is 5.91 Å². The quantitative estimate of drug-likeness (QED) is 0.831. The molecule has 0 spiro atoms. The third-order valence-electron chi connectivity index (χ3n) is 4.11. The van der Waals surface area contributed by atoms with Crippen LogP contribution in [0.2, 0.25) is 0 Å². The third-order valence-corrected chi connectivity index (χ3v) is 4.11. The molecule has 24 heavy (non-hydrogen) atoms. The van der Waals surface area contributed by atoms with Crippen molar-refractivity contribution in [3.63, 3.8) is 0 Å². The SMILES string of the molecule is C=CCNC(=O)C[C@H]1COc2ccccc2N1Cc1ccccc1. The Morgan fingerprint density at radius 3 is 2.75 bits per heavy atom. The lowest BCUT2D eigenvalue weighted by molar-refractivity contribution is -0.121. The zero-order valence-electron chi connectivity index (χ0n) is 13.7. The summed E-state index contributed by atoms with van der Waals surface area (Å²) in [6.07, 6.45) is 2.08. The lowest BCUT2D eigenvalue weighted by Gasteiger charge is -2.38. The monoisotopic (exact) mass is 322 g/mol. The van der Waals surface area contributed by atoms with E-state index in [1.807, 2.05) is 42.5 Å². The largest absolute Gasteiger partial charge is 0.489 e. The van der Waals surface area contributed by atoms with E-state index in [2.05, 4.69) is 28.9 Å². The van der Waals surface area contributed by atoms with Crippen LogP contribution in [0.4, 0.5) is 5.69 Å². The average molecular weight is 322 g/mol. The molecule has 4 heteroatoms. The van der Waals surface area contributed by atoms with E-state index in [9.17, 15) is 4.79 Å². The number of fused-ring (bicyclic) bond motifs is 1. The van der Waals surface area contributed by atoms with E-state index in [-0.39, 0.29) is 11.9 Å². The van der Waals surface area contributed by atoms with Crippen molar-refractivity contribution in [3.8, 4) is 5.75 Å². The Labute approximate surface area is 142 Å². The second-order valence-electron chi connectivity index (χ2n) is 5.84. The molecule has 3 rings (SSSR count). The van der Waals surface area contributed by atoms with Gasteiger partial charge in [-0.15, -0.1) is 6.58 Å². The van der Waals surface area contributed by atoms with E-state index in [1.165, 1.54) is 5.56 Å². The summed E-state index contributed by atoms with van der Waals surface area (Å²) in [7, 11) is 0. The molecular formula is C20H22N2O2. The fourth-order valence-corrected chi connectivity index (χ4v) is 2.92. The zero-order chi connectivity index (χ0) is 16.8. The molecule has 0 saturated heterocycles. The van der Waals surface area contributed by atoms with Crippen molar-refractivity contribution in [1.82, 2.24) is 5.32 Å². The maximum absolute atomic E-state index is 12.1. The molecule has 2 aromatic carbocycles. The van der Waals surface area contributed by atoms with Crippen LogP contribution >= 0.6 is 0 Å². The van der Waals surface area contributed by atoms with Gasteiger partial charge in [-0.05, 0) is 17.7 Å². The number of ether oxygens (including phenoxy) is 1. The van der Waals surface area contributed by atoms with Crippen LogP contribution in [0.25, 0.3) is 0 Å². The van der Waals surface area contributed by atoms with Crippen LogP contribution in [0.15, 0.2) is 67.3 Å². The van der Waals surface area contributed by atoms with Crippen LogP contribution in [0.1, 0.15) is 12.0 Å². The molecule has 1 amide bonds. The maximum Gasteiger partial charge on any atom is 0.222 e. The number of benzene rings is 2. The van der Waals surface area contributed by atoms with Gasteiger partial charge in [0.05, 0.1) is 18.2 Å². The van der Waals surface area contributed by atoms with Crippen molar-refractivity contribution in [2.45, 2.75) is 19.0 Å². The van der Waals surface area contributed by atoms with Gasteiger partial charge in [-0.2, -0.15) is 0 Å². The highest BCUT2D eigenvalue weighted by atomic mass is 16.5. The highest BCUT2D eigenvalue weighted by molar-refractivity contribution is 5.78. The van der Waals surface area contributed by atoms with Gasteiger partial charge in [0.25, 0.3) is 0 Å². The zero-order valence-corrected chi connectivity index (χ0v) is 13.7. The first-order chi connectivity index (χ1) is 11.8. The molecule has 0 aliphatic carbocycles. The Bertz CT molecular complexity index is 700. The minimum absolute atomic E-state index is 0.00456. The van der Waals surface area contributed by atoms with Gasteiger partial charge in [-0.25, -0.2) is 0 Å². The molecule has 1 aliphatic rings. The van der Waals surface area contributed by atoms with E-state index in [4.69, 9.17) is 4.74 Å². The Hall–Kier alpha value is -2.75. The number of carbonyl (C=O) groups is 1. The molecule has 1 N–H and O–H groups in total. The number of nitrogens with one attached hydrogen (secondary N) is 1. The number of rotatable bonds is 6. The summed E-state index contributed by atoms with van der Waals surface area (Å²) < 4.78 is 5.87. The van der Waals surface area contributed by atoms with Crippen molar-refractivity contribution < 1.29 is 9.53 Å². The lowest BCUT2D eigenvalue weighted by atomic mass is 10.1. The van der Waals surface area contributed by atoms with Crippen LogP contribution in [0, 0.1) is 0 Å². The molecule has 0 aromatic heterocycles. The molecule has 1 aliphatic heterocycles. The molecule has 0 saturated carbocycles. The van der Waals surface area contributed by atoms with E-state index >= 15 is 0 Å². The van der Waals surface area contributed by atoms with Crippen molar-refractivity contribution in [1.29, 1.82) is 0 Å². The molecule has 1 heterocycles. The van der Waals surface area contributed by atoms with Crippen molar-refractivity contribution in [2.24, 2.45) is 0 Å². The number of anilines is 1. The van der Waals surface area contributed by atoms with Gasteiger partial charge in [0.1, 0.15) is 12.4 Å². The first-order valence-electron chi connectivity index (χ1n) is 8.18. The summed E-state index contributed by atoms with van der Waals surface area (Å²) in [5, 5.41) is 2.85. The fourth-order valence-electron chi connectivity index (χ4n) is 2.92. The van der Waals surface area contributed by atoms with Crippen LogP contribution in [0.3, 0.4) is 0 Å². The molecule has 124 valence electrons. The Morgan fingerprint density at radius 1 is 1.21 bits per heavy atom. The normalized spacial score (nSPS) is 16.0. The first kappa shape index (κ1) is 16.1. The van der Waals surface area contributed by atoms with E-state index in [0.717, 1.165) is 18.0 Å². The summed E-state index contributed by atoms with van der Waals surface area (Å²) in [5.41, 5.74) is 2.25. The summed E-state index contributed by atoms with van der Waals surface area (Å²) >= 11 is 0. The van der Waals surface area contributed by atoms with Crippen molar-refractivity contribution >= 4 is 11.6 Å². The van der Waals surface area contributed by atoms with E-state index < -0.39 is 0 Å². The number of hydrogen-bond donors (Lipinski definition) is 1. The molecule has 4 nitrogen and oxygen atoms in total. The summed E-state index contributed by atoms with van der Waals surface area (Å²) in [6.45, 7) is 5.37. The maximum atomic E-state index is 12.1. The van der Waals surface area contributed by atoms with Gasteiger partial charge in [0, 0.05) is 13.1 Å². The first-order valence-corrected chi connectivity index (χ1v) is 8.18. The Kier molecular flexibility index (Phi) is 5.16. The standard InChI is InChI=1S/C20H22N2O2/c1-2-12-21-20(23)13-17-15-24-19-11-7-6-10-18(19)22(17)14-16-8-4-3-5-9-16/h2-11,17H,1,12-15H2,(H,21,23)/t17-/m0/s1. The topological polar surface area (TPSA) is 41.6 Å². The second-order valence-corrected chi connectivity index (χ2v) is 5.84.